The van der Waals surface area contributed by atoms with Crippen molar-refractivity contribution >= 4 is 0 Å². The van der Waals surface area contributed by atoms with Crippen LogP contribution in [0, 0.1) is 28.1 Å². The van der Waals surface area contributed by atoms with Gasteiger partial charge in [0.25, 0.3) is 0 Å². The van der Waals surface area contributed by atoms with E-state index >= 15 is 0 Å². The Balaban J connectivity index is 1.75. The van der Waals surface area contributed by atoms with Gasteiger partial charge >= 0.3 is 0 Å². The van der Waals surface area contributed by atoms with Gasteiger partial charge in [0.15, 0.2) is 0 Å². The van der Waals surface area contributed by atoms with Crippen LogP contribution < -0.4 is 5.73 Å². The second kappa shape index (κ2) is 5.23. The van der Waals surface area contributed by atoms with E-state index in [1.807, 2.05) is 0 Å². The lowest BCUT2D eigenvalue weighted by Gasteiger charge is -2.66. The fourth-order valence-corrected chi connectivity index (χ4v) is 7.36. The van der Waals surface area contributed by atoms with Crippen LogP contribution >= 0.6 is 0 Å². The zero-order valence-corrected chi connectivity index (χ0v) is 14.3. The highest BCUT2D eigenvalue weighted by Gasteiger charge is 2.60. The third kappa shape index (κ3) is 2.91. The van der Waals surface area contributed by atoms with Crippen LogP contribution in [-0.4, -0.2) is 17.8 Å². The zero-order valence-electron chi connectivity index (χ0n) is 14.3. The number of aliphatic hydroxyl groups is 1. The van der Waals surface area contributed by atoms with E-state index in [0.717, 1.165) is 25.2 Å². The van der Waals surface area contributed by atoms with Gasteiger partial charge in [-0.2, -0.15) is 0 Å². The lowest BCUT2D eigenvalue weighted by Crippen LogP contribution is -2.56. The summed E-state index contributed by atoms with van der Waals surface area (Å²) in [5, 5.41) is 10.8. The molecule has 0 aromatic carbocycles. The molecule has 4 aliphatic carbocycles. The molecule has 3 N–H and O–H groups in total. The van der Waals surface area contributed by atoms with Gasteiger partial charge in [0.2, 0.25) is 0 Å². The quantitative estimate of drug-likeness (QED) is 0.774. The Morgan fingerprint density at radius 3 is 2.19 bits per heavy atom. The molecule has 21 heavy (non-hydrogen) atoms. The first kappa shape index (κ1) is 15.8. The molecule has 4 fully saturated rings. The Bertz CT molecular complexity index is 375. The average Bonchev–Trinajstić information content (AvgIpc) is 2.30. The molecule has 4 aliphatic rings. The van der Waals surface area contributed by atoms with E-state index in [1.165, 1.54) is 38.5 Å². The molecule has 0 amide bonds. The summed E-state index contributed by atoms with van der Waals surface area (Å²) < 4.78 is 0. The lowest BCUT2D eigenvalue weighted by molar-refractivity contribution is -0.159. The second-order valence-electron chi connectivity index (χ2n) is 9.69. The summed E-state index contributed by atoms with van der Waals surface area (Å²) in [6.45, 7) is 7.87. The number of nitrogens with two attached hydrogens (primary N) is 1. The summed E-state index contributed by atoms with van der Waals surface area (Å²) in [5.41, 5.74) is 7.44. The van der Waals surface area contributed by atoms with Crippen molar-refractivity contribution in [2.45, 2.75) is 84.7 Å². The van der Waals surface area contributed by atoms with Crippen LogP contribution in [0.4, 0.5) is 0 Å². The Morgan fingerprint density at radius 1 is 1.10 bits per heavy atom. The van der Waals surface area contributed by atoms with E-state index in [4.69, 9.17) is 5.73 Å². The van der Waals surface area contributed by atoms with Crippen LogP contribution in [-0.2, 0) is 0 Å². The Morgan fingerprint density at radius 2 is 1.71 bits per heavy atom. The smallest absolute Gasteiger partial charge is 0.0585 e. The lowest BCUT2D eigenvalue weighted by atomic mass is 9.39. The van der Waals surface area contributed by atoms with E-state index in [1.54, 1.807) is 0 Å². The maximum atomic E-state index is 10.8. The molecular formula is C19H35NO. The number of aliphatic hydroxyl groups excluding tert-OH is 1. The van der Waals surface area contributed by atoms with Gasteiger partial charge in [-0.1, -0.05) is 27.2 Å². The molecule has 0 saturated heterocycles. The SMILES string of the molecule is CCCC(CN)C(O)CC12CC3CC(C)(CC(C)(C3)C1)C2. The van der Waals surface area contributed by atoms with Crippen molar-refractivity contribution in [2.75, 3.05) is 6.54 Å². The molecule has 0 aromatic heterocycles. The molecule has 0 radical (unpaired) electrons. The van der Waals surface area contributed by atoms with Gasteiger partial charge in [0.05, 0.1) is 6.10 Å². The minimum Gasteiger partial charge on any atom is -0.393 e. The van der Waals surface area contributed by atoms with E-state index < -0.39 is 0 Å². The van der Waals surface area contributed by atoms with Crippen LogP contribution in [0.15, 0.2) is 0 Å². The minimum absolute atomic E-state index is 0.182. The fourth-order valence-electron chi connectivity index (χ4n) is 7.36. The average molecular weight is 293 g/mol. The first-order valence-electron chi connectivity index (χ1n) is 9.19. The third-order valence-electron chi connectivity index (χ3n) is 6.89. The first-order chi connectivity index (χ1) is 9.81. The predicted molar refractivity (Wildman–Crippen MR) is 87.9 cm³/mol. The van der Waals surface area contributed by atoms with E-state index in [-0.39, 0.29) is 6.10 Å². The maximum Gasteiger partial charge on any atom is 0.0585 e. The van der Waals surface area contributed by atoms with Crippen molar-refractivity contribution in [2.24, 2.45) is 33.8 Å². The fraction of sp³-hybridized carbons (Fsp3) is 1.00. The molecule has 4 unspecified atom stereocenters. The molecule has 122 valence electrons. The van der Waals surface area contributed by atoms with Gasteiger partial charge in [0, 0.05) is 0 Å². The third-order valence-corrected chi connectivity index (χ3v) is 6.89. The van der Waals surface area contributed by atoms with Crippen LogP contribution in [0.3, 0.4) is 0 Å². The Labute approximate surface area is 130 Å². The van der Waals surface area contributed by atoms with E-state index in [9.17, 15) is 5.11 Å². The van der Waals surface area contributed by atoms with Crippen molar-refractivity contribution < 1.29 is 5.11 Å². The summed E-state index contributed by atoms with van der Waals surface area (Å²) in [6, 6.07) is 0. The molecule has 0 spiro atoms. The first-order valence-corrected chi connectivity index (χ1v) is 9.19. The standard InChI is InChI=1S/C19H35NO/c1-4-5-15(10-20)16(21)9-19-8-14-6-17(2,12-19)11-18(3,7-14)13-19/h14-16,21H,4-13,20H2,1-3H3. The molecule has 0 aliphatic heterocycles. The highest BCUT2D eigenvalue weighted by Crippen LogP contribution is 2.70. The van der Waals surface area contributed by atoms with Gasteiger partial charge in [0.1, 0.15) is 0 Å². The van der Waals surface area contributed by atoms with Gasteiger partial charge in [-0.3, -0.25) is 0 Å². The monoisotopic (exact) mass is 293 g/mol. The number of rotatable bonds is 6. The summed E-state index contributed by atoms with van der Waals surface area (Å²) in [6.07, 6.45) is 11.4. The molecule has 2 nitrogen and oxygen atoms in total. The van der Waals surface area contributed by atoms with Gasteiger partial charge in [-0.05, 0) is 86.0 Å². The molecule has 4 bridgehead atoms. The number of hydrogen-bond acceptors (Lipinski definition) is 2. The van der Waals surface area contributed by atoms with Crippen molar-refractivity contribution in [3.8, 4) is 0 Å². The topological polar surface area (TPSA) is 46.2 Å². The molecule has 4 atom stereocenters. The molecule has 0 heterocycles. The van der Waals surface area contributed by atoms with Crippen molar-refractivity contribution in [3.63, 3.8) is 0 Å². The highest BCUT2D eigenvalue weighted by molar-refractivity contribution is 5.10. The molecule has 0 aromatic rings. The normalized spacial score (nSPS) is 47.6. The predicted octanol–water partition coefficient (Wildman–Crippen LogP) is 4.11. The van der Waals surface area contributed by atoms with Crippen LogP contribution in [0.2, 0.25) is 0 Å². The van der Waals surface area contributed by atoms with Crippen molar-refractivity contribution in [3.05, 3.63) is 0 Å². The number of hydrogen-bond donors (Lipinski definition) is 2. The van der Waals surface area contributed by atoms with E-state index in [0.29, 0.717) is 28.7 Å². The molecular weight excluding hydrogens is 258 g/mol. The largest absolute Gasteiger partial charge is 0.393 e. The van der Waals surface area contributed by atoms with Crippen LogP contribution in [0.25, 0.3) is 0 Å². The highest BCUT2D eigenvalue weighted by atomic mass is 16.3. The Hall–Kier alpha value is -0.0800. The summed E-state index contributed by atoms with van der Waals surface area (Å²) in [5.74, 6) is 1.23. The van der Waals surface area contributed by atoms with Crippen LogP contribution in [0.1, 0.15) is 78.6 Å². The van der Waals surface area contributed by atoms with Crippen LogP contribution in [0.5, 0.6) is 0 Å². The van der Waals surface area contributed by atoms with Gasteiger partial charge < -0.3 is 10.8 Å². The molecule has 2 heteroatoms. The molecule has 4 rings (SSSR count). The van der Waals surface area contributed by atoms with E-state index in [2.05, 4.69) is 20.8 Å². The summed E-state index contributed by atoms with van der Waals surface area (Å²) >= 11 is 0. The summed E-state index contributed by atoms with van der Waals surface area (Å²) in [7, 11) is 0. The van der Waals surface area contributed by atoms with Gasteiger partial charge in [-0.15, -0.1) is 0 Å². The minimum atomic E-state index is -0.182. The zero-order chi connectivity index (χ0) is 15.3. The Kier molecular flexibility index (Phi) is 3.94. The second-order valence-corrected chi connectivity index (χ2v) is 9.69. The van der Waals surface area contributed by atoms with Crippen molar-refractivity contribution in [1.29, 1.82) is 0 Å². The summed E-state index contributed by atoms with van der Waals surface area (Å²) in [4.78, 5) is 0. The maximum absolute atomic E-state index is 10.8. The van der Waals surface area contributed by atoms with Gasteiger partial charge in [-0.25, -0.2) is 0 Å². The van der Waals surface area contributed by atoms with Crippen molar-refractivity contribution in [1.82, 2.24) is 0 Å². The molecule has 4 saturated carbocycles.